The Kier molecular flexibility index (Phi) is 2.70. The third-order valence-corrected chi connectivity index (χ3v) is 3.76. The van der Waals surface area contributed by atoms with E-state index in [4.69, 9.17) is 0 Å². The van der Waals surface area contributed by atoms with Gasteiger partial charge in [-0.05, 0) is 18.3 Å². The summed E-state index contributed by atoms with van der Waals surface area (Å²) in [5, 5.41) is 15.6. The van der Waals surface area contributed by atoms with Crippen molar-refractivity contribution in [2.24, 2.45) is 28.8 Å². The molecule has 8 heteroatoms. The van der Waals surface area contributed by atoms with Crippen LogP contribution in [0.4, 0.5) is 0 Å². The van der Waals surface area contributed by atoms with Gasteiger partial charge in [0.25, 0.3) is 10.2 Å². The summed E-state index contributed by atoms with van der Waals surface area (Å²) in [5.74, 6) is -4.64. The van der Waals surface area contributed by atoms with E-state index in [0.717, 1.165) is 0 Å². The van der Waals surface area contributed by atoms with Crippen LogP contribution in [0.2, 0.25) is 0 Å². The molecule has 1 amide bonds. The van der Waals surface area contributed by atoms with E-state index in [-0.39, 0.29) is 11.8 Å². The average molecular weight is 259 g/mol. The maximum Gasteiger partial charge on any atom is 0.298 e. The lowest BCUT2D eigenvalue weighted by molar-refractivity contribution is -0.313. The number of nitrogens with two attached hydrogens (primary N) is 1. The SMILES string of the molecule is NS(=O)(=O)NC(=O)[C@H]1[C@@H](C(=O)[O-])[C@@H]2C=C[C@@H]1C2. The summed E-state index contributed by atoms with van der Waals surface area (Å²) < 4.78 is 23.1. The van der Waals surface area contributed by atoms with E-state index in [1.807, 2.05) is 0 Å². The Morgan fingerprint density at radius 2 is 1.76 bits per heavy atom. The van der Waals surface area contributed by atoms with E-state index < -0.39 is 33.9 Å². The first-order valence-corrected chi connectivity index (χ1v) is 6.58. The second-order valence-electron chi connectivity index (χ2n) is 4.33. The maximum atomic E-state index is 11.7. The number of fused-ring (bicyclic) bond motifs is 2. The lowest BCUT2D eigenvalue weighted by Gasteiger charge is -2.27. The molecule has 0 spiro atoms. The van der Waals surface area contributed by atoms with Gasteiger partial charge in [-0.3, -0.25) is 4.79 Å². The lowest BCUT2D eigenvalue weighted by atomic mass is 9.83. The number of carbonyl (C=O) groups is 2. The summed E-state index contributed by atoms with van der Waals surface area (Å²) in [4.78, 5) is 22.6. The minimum atomic E-state index is -4.16. The van der Waals surface area contributed by atoms with E-state index in [1.54, 1.807) is 16.9 Å². The van der Waals surface area contributed by atoms with Crippen LogP contribution >= 0.6 is 0 Å². The van der Waals surface area contributed by atoms with E-state index in [9.17, 15) is 23.1 Å². The van der Waals surface area contributed by atoms with Crippen LogP contribution in [0.15, 0.2) is 12.2 Å². The molecule has 0 unspecified atom stereocenters. The Bertz CT molecular complexity index is 498. The van der Waals surface area contributed by atoms with Gasteiger partial charge in [-0.15, -0.1) is 0 Å². The molecule has 7 nitrogen and oxygen atoms in total. The highest BCUT2D eigenvalue weighted by molar-refractivity contribution is 7.87. The standard InChI is InChI=1S/C9H12N2O5S/c10-17(15,16)11-8(12)6-4-1-2-5(3-4)7(6)9(13)14/h1-2,4-7H,3H2,(H,11,12)(H,13,14)(H2,10,15,16)/p-1/t4-,5-,6-,7+/m1/s1. The number of aliphatic carboxylic acids is 1. The summed E-state index contributed by atoms with van der Waals surface area (Å²) in [6.07, 6.45) is 3.99. The first kappa shape index (κ1) is 12.1. The number of nitrogens with one attached hydrogen (secondary N) is 1. The second kappa shape index (κ2) is 3.81. The summed E-state index contributed by atoms with van der Waals surface area (Å²) in [5.41, 5.74) is 0. The molecule has 2 aliphatic carbocycles. The Morgan fingerprint density at radius 1 is 1.24 bits per heavy atom. The molecule has 0 aromatic heterocycles. The largest absolute Gasteiger partial charge is 0.550 e. The number of hydrogen-bond acceptors (Lipinski definition) is 5. The van der Waals surface area contributed by atoms with Gasteiger partial charge in [-0.2, -0.15) is 8.42 Å². The fourth-order valence-electron chi connectivity index (χ4n) is 2.71. The van der Waals surface area contributed by atoms with Crippen molar-refractivity contribution >= 4 is 22.1 Å². The minimum Gasteiger partial charge on any atom is -0.550 e. The van der Waals surface area contributed by atoms with Crippen molar-refractivity contribution in [3.8, 4) is 0 Å². The van der Waals surface area contributed by atoms with Crippen molar-refractivity contribution in [3.05, 3.63) is 12.2 Å². The Balaban J connectivity index is 2.23. The predicted octanol–water partition coefficient (Wildman–Crippen LogP) is -2.51. The molecule has 0 aromatic rings. The molecule has 2 rings (SSSR count). The molecule has 0 aromatic carbocycles. The van der Waals surface area contributed by atoms with Gasteiger partial charge in [0, 0.05) is 11.9 Å². The summed E-state index contributed by atoms with van der Waals surface area (Å²) in [6.45, 7) is 0. The first-order chi connectivity index (χ1) is 7.79. The summed E-state index contributed by atoms with van der Waals surface area (Å²) in [7, 11) is -4.16. The van der Waals surface area contributed by atoms with Gasteiger partial charge in [0.05, 0.1) is 5.92 Å². The number of allylic oxidation sites excluding steroid dienone is 2. The van der Waals surface area contributed by atoms with Gasteiger partial charge >= 0.3 is 0 Å². The molecule has 0 saturated heterocycles. The fourth-order valence-corrected chi connectivity index (χ4v) is 3.13. The van der Waals surface area contributed by atoms with Gasteiger partial charge in [-0.1, -0.05) is 12.2 Å². The molecule has 1 saturated carbocycles. The normalized spacial score (nSPS) is 34.9. The zero-order valence-corrected chi connectivity index (χ0v) is 9.51. The Hall–Kier alpha value is -1.41. The van der Waals surface area contributed by atoms with Crippen molar-refractivity contribution in [2.75, 3.05) is 0 Å². The number of carboxylic acids is 1. The molecule has 0 radical (unpaired) electrons. The van der Waals surface area contributed by atoms with Crippen LogP contribution in [0.1, 0.15) is 6.42 Å². The third kappa shape index (κ3) is 2.18. The van der Waals surface area contributed by atoms with Gasteiger partial charge in [0.2, 0.25) is 5.91 Å². The predicted molar refractivity (Wildman–Crippen MR) is 54.0 cm³/mol. The average Bonchev–Trinajstić information content (AvgIpc) is 2.72. The Labute approximate surface area is 97.9 Å². The molecule has 1 fully saturated rings. The van der Waals surface area contributed by atoms with E-state index in [0.29, 0.717) is 6.42 Å². The highest BCUT2D eigenvalue weighted by Crippen LogP contribution is 2.47. The zero-order chi connectivity index (χ0) is 12.8. The Morgan fingerprint density at radius 3 is 2.24 bits per heavy atom. The van der Waals surface area contributed by atoms with Crippen molar-refractivity contribution in [2.45, 2.75) is 6.42 Å². The second-order valence-corrected chi connectivity index (χ2v) is 5.62. The molecule has 2 bridgehead atoms. The van der Waals surface area contributed by atoms with Crippen LogP contribution in [0.5, 0.6) is 0 Å². The third-order valence-electron chi connectivity index (χ3n) is 3.28. The van der Waals surface area contributed by atoms with E-state index in [1.165, 1.54) is 0 Å². The van der Waals surface area contributed by atoms with Crippen molar-refractivity contribution in [1.82, 2.24) is 4.72 Å². The fraction of sp³-hybridized carbons (Fsp3) is 0.556. The minimum absolute atomic E-state index is 0.260. The number of carbonyl (C=O) groups excluding carboxylic acids is 2. The molecule has 0 heterocycles. The molecular weight excluding hydrogens is 248 g/mol. The molecule has 94 valence electrons. The molecular formula is C9H11N2O5S-. The van der Waals surface area contributed by atoms with Crippen molar-refractivity contribution < 1.29 is 23.1 Å². The van der Waals surface area contributed by atoms with Crippen LogP contribution in [-0.4, -0.2) is 20.3 Å². The van der Waals surface area contributed by atoms with Crippen molar-refractivity contribution in [1.29, 1.82) is 0 Å². The highest BCUT2D eigenvalue weighted by Gasteiger charge is 2.49. The summed E-state index contributed by atoms with van der Waals surface area (Å²) in [6, 6.07) is 0. The highest BCUT2D eigenvalue weighted by atomic mass is 32.2. The quantitative estimate of drug-likeness (QED) is 0.541. The van der Waals surface area contributed by atoms with Crippen LogP contribution in [0.25, 0.3) is 0 Å². The zero-order valence-electron chi connectivity index (χ0n) is 8.70. The first-order valence-electron chi connectivity index (χ1n) is 5.03. The molecule has 0 aliphatic heterocycles. The smallest absolute Gasteiger partial charge is 0.298 e. The van der Waals surface area contributed by atoms with Crippen molar-refractivity contribution in [3.63, 3.8) is 0 Å². The van der Waals surface area contributed by atoms with Gasteiger partial charge < -0.3 is 9.90 Å². The van der Waals surface area contributed by atoms with Gasteiger partial charge in [0.1, 0.15) is 0 Å². The maximum absolute atomic E-state index is 11.7. The number of rotatable bonds is 3. The number of amides is 1. The van der Waals surface area contributed by atoms with Gasteiger partial charge in [-0.25, -0.2) is 9.86 Å². The van der Waals surface area contributed by atoms with E-state index in [2.05, 4.69) is 5.14 Å². The molecule has 3 N–H and O–H groups in total. The van der Waals surface area contributed by atoms with Gasteiger partial charge in [0.15, 0.2) is 0 Å². The van der Waals surface area contributed by atoms with Crippen LogP contribution < -0.4 is 15.0 Å². The van der Waals surface area contributed by atoms with E-state index >= 15 is 0 Å². The van der Waals surface area contributed by atoms with Crippen LogP contribution in [0.3, 0.4) is 0 Å². The van der Waals surface area contributed by atoms with Crippen LogP contribution in [-0.2, 0) is 19.8 Å². The van der Waals surface area contributed by atoms with Crippen LogP contribution in [0, 0.1) is 23.7 Å². The lowest BCUT2D eigenvalue weighted by Crippen LogP contribution is -2.47. The number of hydrogen-bond donors (Lipinski definition) is 2. The molecule has 4 atom stereocenters. The molecule has 17 heavy (non-hydrogen) atoms. The number of carboxylic acid groups (broad SMARTS) is 1. The topological polar surface area (TPSA) is 129 Å². The monoisotopic (exact) mass is 259 g/mol. The molecule has 2 aliphatic rings. The summed E-state index contributed by atoms with van der Waals surface area (Å²) >= 11 is 0.